The summed E-state index contributed by atoms with van der Waals surface area (Å²) < 4.78 is 0. The van der Waals surface area contributed by atoms with Gasteiger partial charge in [-0.05, 0) is 27.3 Å². The maximum Gasteiger partial charge on any atom is 0.112 e. The Hall–Kier alpha value is -0.0100. The summed E-state index contributed by atoms with van der Waals surface area (Å²) in [7, 11) is 2.05. The van der Waals surface area contributed by atoms with E-state index in [4.69, 9.17) is 11.6 Å². The third kappa shape index (κ3) is 1.53. The van der Waals surface area contributed by atoms with E-state index in [2.05, 4.69) is 24.9 Å². The quantitative estimate of drug-likeness (QED) is 0.298. The maximum atomic E-state index is 6.17. The summed E-state index contributed by atoms with van der Waals surface area (Å²) >= 11 is 6.17. The fourth-order valence-corrected chi connectivity index (χ4v) is 1.47. The van der Waals surface area contributed by atoms with Crippen LogP contribution in [0.15, 0.2) is 11.6 Å². The van der Waals surface area contributed by atoms with Crippen LogP contribution in [-0.4, -0.2) is 23.5 Å². The van der Waals surface area contributed by atoms with Crippen molar-refractivity contribution in [3.63, 3.8) is 0 Å². The van der Waals surface area contributed by atoms with Crippen molar-refractivity contribution in [1.82, 2.24) is 4.90 Å². The lowest BCUT2D eigenvalue weighted by atomic mass is 10.1. The van der Waals surface area contributed by atoms with E-state index in [-0.39, 0.29) is 5.00 Å². The molecule has 0 saturated heterocycles. The molecule has 58 valence electrons. The Morgan fingerprint density at radius 1 is 1.70 bits per heavy atom. The first-order valence-electron chi connectivity index (χ1n) is 3.61. The van der Waals surface area contributed by atoms with Gasteiger partial charge in [0, 0.05) is 6.54 Å². The van der Waals surface area contributed by atoms with Crippen molar-refractivity contribution in [2.75, 3.05) is 13.6 Å². The number of rotatable bonds is 0. The molecule has 0 aromatic rings. The lowest BCUT2D eigenvalue weighted by Crippen LogP contribution is -2.40. The Balaban J connectivity index is 2.79. The molecule has 0 spiro atoms. The highest BCUT2D eigenvalue weighted by atomic mass is 35.5. The number of nitrogens with zero attached hydrogens (tertiary/aromatic N) is 1. The number of hydrogen-bond acceptors (Lipinski definition) is 1. The minimum atomic E-state index is -0.248. The fourth-order valence-electron chi connectivity index (χ4n) is 1.19. The molecule has 0 radical (unpaired) electrons. The summed E-state index contributed by atoms with van der Waals surface area (Å²) in [5, 5.41) is 0. The predicted molar refractivity (Wildman–Crippen MR) is 45.3 cm³/mol. The van der Waals surface area contributed by atoms with E-state index >= 15 is 0 Å². The van der Waals surface area contributed by atoms with Crippen LogP contribution in [0.5, 0.6) is 0 Å². The van der Waals surface area contributed by atoms with Gasteiger partial charge in [-0.1, -0.05) is 23.3 Å². The third-order valence-electron chi connectivity index (χ3n) is 2.10. The van der Waals surface area contributed by atoms with Crippen LogP contribution >= 0.6 is 11.6 Å². The molecule has 1 atom stereocenters. The highest BCUT2D eigenvalue weighted by Crippen LogP contribution is 2.27. The summed E-state index contributed by atoms with van der Waals surface area (Å²) in [5.41, 5.74) is 1.40. The number of hydrogen-bond donors (Lipinski definition) is 0. The van der Waals surface area contributed by atoms with E-state index in [1.807, 2.05) is 6.92 Å². The molecule has 0 aliphatic carbocycles. The number of likely N-dealkylation sites (N-methyl/N-ethyl adjacent to an activating group) is 1. The Kier molecular flexibility index (Phi) is 2.07. The molecular weight excluding hydrogens is 146 g/mol. The molecule has 1 unspecified atom stereocenters. The second-order valence-electron chi connectivity index (χ2n) is 3.19. The van der Waals surface area contributed by atoms with E-state index in [1.54, 1.807) is 0 Å². The first-order valence-corrected chi connectivity index (χ1v) is 3.98. The van der Waals surface area contributed by atoms with Crippen molar-refractivity contribution in [2.45, 2.75) is 25.3 Å². The maximum absolute atomic E-state index is 6.17. The van der Waals surface area contributed by atoms with Gasteiger partial charge < -0.3 is 0 Å². The van der Waals surface area contributed by atoms with Gasteiger partial charge in [-0.25, -0.2) is 0 Å². The Morgan fingerprint density at radius 3 is 2.70 bits per heavy atom. The number of halogens is 1. The second-order valence-corrected chi connectivity index (χ2v) is 3.95. The molecule has 0 aromatic heterocycles. The molecule has 1 nitrogen and oxygen atoms in total. The van der Waals surface area contributed by atoms with Gasteiger partial charge in [0.2, 0.25) is 0 Å². The lowest BCUT2D eigenvalue weighted by Gasteiger charge is -2.34. The van der Waals surface area contributed by atoms with Crippen molar-refractivity contribution < 1.29 is 0 Å². The third-order valence-corrected chi connectivity index (χ3v) is 2.50. The molecule has 1 rings (SSSR count). The molecule has 1 aliphatic rings. The van der Waals surface area contributed by atoms with E-state index in [0.29, 0.717) is 0 Å². The van der Waals surface area contributed by atoms with Gasteiger partial charge in [0.25, 0.3) is 0 Å². The Labute approximate surface area is 67.7 Å². The van der Waals surface area contributed by atoms with Crippen molar-refractivity contribution in [2.24, 2.45) is 0 Å². The average Bonchev–Trinajstić information content (AvgIpc) is 1.78. The zero-order valence-corrected chi connectivity index (χ0v) is 7.57. The molecule has 0 bridgehead atoms. The van der Waals surface area contributed by atoms with Crippen LogP contribution in [0.25, 0.3) is 0 Å². The first kappa shape index (κ1) is 8.09. The van der Waals surface area contributed by atoms with Crippen LogP contribution < -0.4 is 0 Å². The van der Waals surface area contributed by atoms with Gasteiger partial charge in [-0.15, -0.1) is 0 Å². The smallest absolute Gasteiger partial charge is 0.112 e. The topological polar surface area (TPSA) is 3.24 Å². The molecule has 1 aliphatic heterocycles. The lowest BCUT2D eigenvalue weighted by molar-refractivity contribution is 0.251. The molecule has 2 heteroatoms. The molecule has 0 saturated carbocycles. The normalized spacial score (nSPS) is 35.8. The monoisotopic (exact) mass is 159 g/mol. The summed E-state index contributed by atoms with van der Waals surface area (Å²) in [5.74, 6) is 0. The Morgan fingerprint density at radius 2 is 2.30 bits per heavy atom. The van der Waals surface area contributed by atoms with Gasteiger partial charge in [0.15, 0.2) is 0 Å². The van der Waals surface area contributed by atoms with E-state index < -0.39 is 0 Å². The van der Waals surface area contributed by atoms with Gasteiger partial charge in [-0.2, -0.15) is 0 Å². The molecule has 0 fully saturated rings. The fraction of sp³-hybridized carbons (Fsp3) is 0.750. The van der Waals surface area contributed by atoms with Crippen LogP contribution in [-0.2, 0) is 0 Å². The van der Waals surface area contributed by atoms with Crippen LogP contribution in [0.3, 0.4) is 0 Å². The van der Waals surface area contributed by atoms with E-state index in [1.165, 1.54) is 5.57 Å². The predicted octanol–water partition coefficient (Wildman–Crippen LogP) is 2.22. The summed E-state index contributed by atoms with van der Waals surface area (Å²) in [6.07, 6.45) is 3.27. The minimum Gasteiger partial charge on any atom is -0.285 e. The highest BCUT2D eigenvalue weighted by Gasteiger charge is 2.26. The second kappa shape index (κ2) is 2.55. The van der Waals surface area contributed by atoms with Gasteiger partial charge in [0.1, 0.15) is 5.00 Å². The summed E-state index contributed by atoms with van der Waals surface area (Å²) in [6.45, 7) is 5.23. The highest BCUT2D eigenvalue weighted by molar-refractivity contribution is 6.24. The SMILES string of the molecule is CC1=CC(C)(Cl)N(C)CC1. The molecule has 10 heavy (non-hydrogen) atoms. The van der Waals surface area contributed by atoms with Crippen molar-refractivity contribution in [3.05, 3.63) is 11.6 Å². The van der Waals surface area contributed by atoms with Crippen LogP contribution in [0.1, 0.15) is 20.3 Å². The van der Waals surface area contributed by atoms with E-state index in [9.17, 15) is 0 Å². The number of alkyl halides is 1. The standard InChI is InChI=1S/C8H14ClN/c1-7-4-5-10(3)8(2,9)6-7/h6H,4-5H2,1-3H3. The van der Waals surface area contributed by atoms with Crippen molar-refractivity contribution >= 4 is 11.6 Å². The average molecular weight is 160 g/mol. The van der Waals surface area contributed by atoms with Crippen LogP contribution in [0.4, 0.5) is 0 Å². The van der Waals surface area contributed by atoms with Crippen molar-refractivity contribution in [1.29, 1.82) is 0 Å². The van der Waals surface area contributed by atoms with Crippen LogP contribution in [0.2, 0.25) is 0 Å². The minimum absolute atomic E-state index is 0.248. The van der Waals surface area contributed by atoms with Crippen molar-refractivity contribution in [3.8, 4) is 0 Å². The molecule has 0 aromatic carbocycles. The molecule has 0 amide bonds. The summed E-state index contributed by atoms with van der Waals surface area (Å²) in [6, 6.07) is 0. The molecule has 0 N–H and O–H groups in total. The zero-order chi connectivity index (χ0) is 7.78. The largest absolute Gasteiger partial charge is 0.285 e. The van der Waals surface area contributed by atoms with Gasteiger partial charge >= 0.3 is 0 Å². The summed E-state index contributed by atoms with van der Waals surface area (Å²) in [4.78, 5) is 1.91. The van der Waals surface area contributed by atoms with E-state index in [0.717, 1.165) is 13.0 Å². The van der Waals surface area contributed by atoms with Gasteiger partial charge in [0.05, 0.1) is 0 Å². The zero-order valence-electron chi connectivity index (χ0n) is 6.82. The van der Waals surface area contributed by atoms with Gasteiger partial charge in [-0.3, -0.25) is 4.90 Å². The Bertz CT molecular complexity index is 161. The van der Waals surface area contributed by atoms with Crippen LogP contribution in [0, 0.1) is 0 Å². The molecule has 1 heterocycles. The molecular formula is C8H14ClN. The first-order chi connectivity index (χ1) is 4.52.